The highest BCUT2D eigenvalue weighted by Crippen LogP contribution is 2.29. The van der Waals surface area contributed by atoms with Gasteiger partial charge in [0.15, 0.2) is 0 Å². The maximum Gasteiger partial charge on any atom is 0.0548 e. The summed E-state index contributed by atoms with van der Waals surface area (Å²) in [6.07, 6.45) is 0. The summed E-state index contributed by atoms with van der Waals surface area (Å²) in [5.41, 5.74) is 7.28. The Balaban J connectivity index is 3.01. The second kappa shape index (κ2) is 8.38. The van der Waals surface area contributed by atoms with Crippen molar-refractivity contribution in [2.24, 2.45) is 17.6 Å². The largest absolute Gasteiger partial charge is 0.329 e. The first-order chi connectivity index (χ1) is 9.35. The van der Waals surface area contributed by atoms with Crippen LogP contribution in [0.5, 0.6) is 0 Å². The highest BCUT2D eigenvalue weighted by molar-refractivity contribution is 9.10. The van der Waals surface area contributed by atoms with Crippen LogP contribution in [0.15, 0.2) is 22.7 Å². The molecule has 0 radical (unpaired) electrons. The first-order valence-electron chi connectivity index (χ1n) is 7.24. The molecule has 1 aromatic carbocycles. The van der Waals surface area contributed by atoms with Crippen LogP contribution in [0, 0.1) is 11.8 Å². The van der Waals surface area contributed by atoms with Gasteiger partial charge in [-0.15, -0.1) is 0 Å². The molecule has 0 aliphatic carbocycles. The maximum absolute atomic E-state index is 6.09. The van der Waals surface area contributed by atoms with Gasteiger partial charge < -0.3 is 5.73 Å². The lowest BCUT2D eigenvalue weighted by atomic mass is 10.0. The molecule has 0 saturated heterocycles. The van der Waals surface area contributed by atoms with Gasteiger partial charge in [0.2, 0.25) is 0 Å². The van der Waals surface area contributed by atoms with Gasteiger partial charge in [-0.2, -0.15) is 0 Å². The number of benzene rings is 1. The van der Waals surface area contributed by atoms with E-state index in [1.165, 1.54) is 5.56 Å². The zero-order chi connectivity index (χ0) is 15.3. The van der Waals surface area contributed by atoms with Crippen molar-refractivity contribution in [3.8, 4) is 0 Å². The van der Waals surface area contributed by atoms with Crippen LogP contribution in [-0.2, 0) is 0 Å². The molecule has 0 fully saturated rings. The summed E-state index contributed by atoms with van der Waals surface area (Å²) in [6.45, 7) is 11.7. The Kier molecular flexibility index (Phi) is 7.52. The molecule has 1 aromatic rings. The minimum Gasteiger partial charge on any atom is -0.329 e. The minimum absolute atomic E-state index is 0.244. The monoisotopic (exact) mass is 360 g/mol. The molecule has 0 spiro atoms. The van der Waals surface area contributed by atoms with E-state index in [0.29, 0.717) is 18.4 Å². The summed E-state index contributed by atoms with van der Waals surface area (Å²) >= 11 is 9.59. The van der Waals surface area contributed by atoms with Gasteiger partial charge in [-0.05, 0) is 45.5 Å². The van der Waals surface area contributed by atoms with E-state index in [1.54, 1.807) is 0 Å². The number of hydrogen-bond donors (Lipinski definition) is 1. The number of hydrogen-bond acceptors (Lipinski definition) is 2. The van der Waals surface area contributed by atoms with Gasteiger partial charge in [0.25, 0.3) is 0 Å². The Morgan fingerprint density at radius 1 is 1.15 bits per heavy atom. The summed E-state index contributed by atoms with van der Waals surface area (Å²) in [4.78, 5) is 2.49. The van der Waals surface area contributed by atoms with E-state index in [9.17, 15) is 0 Å². The van der Waals surface area contributed by atoms with E-state index < -0.39 is 0 Å². The highest BCUT2D eigenvalue weighted by atomic mass is 79.9. The first-order valence-corrected chi connectivity index (χ1v) is 8.41. The lowest BCUT2D eigenvalue weighted by Gasteiger charge is -2.34. The van der Waals surface area contributed by atoms with E-state index in [4.69, 9.17) is 17.3 Å². The van der Waals surface area contributed by atoms with Crippen LogP contribution in [-0.4, -0.2) is 24.5 Å². The molecule has 1 unspecified atom stereocenters. The van der Waals surface area contributed by atoms with E-state index in [2.05, 4.69) is 60.7 Å². The molecule has 0 aromatic heterocycles. The molecule has 1 atom stereocenters. The van der Waals surface area contributed by atoms with Gasteiger partial charge in [-0.3, -0.25) is 4.90 Å². The number of nitrogens with zero attached hydrogens (tertiary/aromatic N) is 1. The topological polar surface area (TPSA) is 29.3 Å². The third-order valence-corrected chi connectivity index (χ3v) is 4.41. The minimum atomic E-state index is 0.244. The van der Waals surface area contributed by atoms with Gasteiger partial charge in [0.1, 0.15) is 0 Å². The van der Waals surface area contributed by atoms with Crippen molar-refractivity contribution in [2.45, 2.75) is 33.7 Å². The smallest absolute Gasteiger partial charge is 0.0548 e. The zero-order valence-electron chi connectivity index (χ0n) is 12.9. The molecular weight excluding hydrogens is 336 g/mol. The molecule has 20 heavy (non-hydrogen) atoms. The van der Waals surface area contributed by atoms with E-state index >= 15 is 0 Å². The Hall–Kier alpha value is -0.0900. The fourth-order valence-electron chi connectivity index (χ4n) is 2.48. The van der Waals surface area contributed by atoms with Gasteiger partial charge in [0, 0.05) is 30.1 Å². The van der Waals surface area contributed by atoms with Crippen molar-refractivity contribution in [1.82, 2.24) is 4.90 Å². The van der Waals surface area contributed by atoms with Crippen LogP contribution < -0.4 is 5.73 Å². The molecule has 2 nitrogen and oxygen atoms in total. The predicted octanol–water partition coefficient (Wildman–Crippen LogP) is 4.72. The molecule has 0 bridgehead atoms. The quantitative estimate of drug-likeness (QED) is 0.761. The fraction of sp³-hybridized carbons (Fsp3) is 0.625. The van der Waals surface area contributed by atoms with Crippen LogP contribution in [0.1, 0.15) is 39.3 Å². The third-order valence-electron chi connectivity index (χ3n) is 3.19. The summed E-state index contributed by atoms with van der Waals surface area (Å²) in [5, 5.41) is 0.740. The molecule has 2 N–H and O–H groups in total. The van der Waals surface area contributed by atoms with Crippen molar-refractivity contribution in [2.75, 3.05) is 19.6 Å². The van der Waals surface area contributed by atoms with Crippen LogP contribution in [0.25, 0.3) is 0 Å². The van der Waals surface area contributed by atoms with Crippen LogP contribution in [0.2, 0.25) is 5.02 Å². The fourth-order valence-corrected chi connectivity index (χ4v) is 3.00. The summed E-state index contributed by atoms with van der Waals surface area (Å²) in [5.74, 6) is 1.25. The Bertz CT molecular complexity index is 411. The van der Waals surface area contributed by atoms with Crippen molar-refractivity contribution in [1.29, 1.82) is 0 Å². The molecule has 114 valence electrons. The SMILES string of the molecule is CC(C)CN(CC(C)C)C(CN)c1ccc(Cl)c(Br)c1. The van der Waals surface area contributed by atoms with E-state index in [-0.39, 0.29) is 6.04 Å². The van der Waals surface area contributed by atoms with Crippen LogP contribution in [0.3, 0.4) is 0 Å². The number of halogens is 2. The molecule has 0 aliphatic heterocycles. The van der Waals surface area contributed by atoms with Crippen LogP contribution in [0.4, 0.5) is 0 Å². The second-order valence-electron chi connectivity index (χ2n) is 6.17. The Morgan fingerprint density at radius 2 is 1.70 bits per heavy atom. The van der Waals surface area contributed by atoms with Crippen molar-refractivity contribution < 1.29 is 0 Å². The van der Waals surface area contributed by atoms with Gasteiger partial charge >= 0.3 is 0 Å². The molecule has 1 rings (SSSR count). The molecule has 0 heterocycles. The third kappa shape index (κ3) is 5.36. The highest BCUT2D eigenvalue weighted by Gasteiger charge is 2.21. The average molecular weight is 362 g/mol. The number of rotatable bonds is 7. The van der Waals surface area contributed by atoms with Gasteiger partial charge in [0.05, 0.1) is 5.02 Å². The van der Waals surface area contributed by atoms with Crippen LogP contribution >= 0.6 is 27.5 Å². The molecule has 0 aliphatic rings. The normalized spacial score (nSPS) is 13.5. The Labute approximate surface area is 136 Å². The summed E-state index contributed by atoms with van der Waals surface area (Å²) < 4.78 is 0.934. The average Bonchev–Trinajstić information content (AvgIpc) is 2.33. The predicted molar refractivity (Wildman–Crippen MR) is 92.2 cm³/mol. The Morgan fingerprint density at radius 3 is 2.10 bits per heavy atom. The molecular formula is C16H26BrClN2. The zero-order valence-corrected chi connectivity index (χ0v) is 15.2. The maximum atomic E-state index is 6.09. The lowest BCUT2D eigenvalue weighted by molar-refractivity contribution is 0.160. The summed E-state index contributed by atoms with van der Waals surface area (Å²) in [6, 6.07) is 6.35. The van der Waals surface area contributed by atoms with Crippen molar-refractivity contribution >= 4 is 27.5 Å². The van der Waals surface area contributed by atoms with E-state index in [1.807, 2.05) is 6.07 Å². The standard InChI is InChI=1S/C16H26BrClN2/c1-11(2)9-20(10-12(3)4)16(8-19)13-5-6-15(18)14(17)7-13/h5-7,11-12,16H,8-10,19H2,1-4H3. The lowest BCUT2D eigenvalue weighted by Crippen LogP contribution is -2.38. The number of nitrogens with two attached hydrogens (primary N) is 1. The van der Waals surface area contributed by atoms with Gasteiger partial charge in [-0.1, -0.05) is 45.4 Å². The van der Waals surface area contributed by atoms with Gasteiger partial charge in [-0.25, -0.2) is 0 Å². The van der Waals surface area contributed by atoms with Crippen molar-refractivity contribution in [3.05, 3.63) is 33.3 Å². The second-order valence-corrected chi connectivity index (χ2v) is 7.43. The molecule has 0 saturated carbocycles. The van der Waals surface area contributed by atoms with Crippen molar-refractivity contribution in [3.63, 3.8) is 0 Å². The first kappa shape index (κ1) is 18.0. The summed E-state index contributed by atoms with van der Waals surface area (Å²) in [7, 11) is 0. The van der Waals surface area contributed by atoms with E-state index in [0.717, 1.165) is 22.6 Å². The molecule has 0 amide bonds. The molecule has 4 heteroatoms.